The van der Waals surface area contributed by atoms with E-state index in [0.717, 1.165) is 44.5 Å². The summed E-state index contributed by atoms with van der Waals surface area (Å²) in [7, 11) is 0. The van der Waals surface area contributed by atoms with Crippen molar-refractivity contribution in [3.8, 4) is 56.4 Å². The van der Waals surface area contributed by atoms with Gasteiger partial charge >= 0.3 is 0 Å². The lowest BCUT2D eigenvalue weighted by Gasteiger charge is -2.27. The van der Waals surface area contributed by atoms with E-state index < -0.39 is 0 Å². The van der Waals surface area contributed by atoms with Gasteiger partial charge in [0.15, 0.2) is 17.5 Å². The van der Waals surface area contributed by atoms with Crippen LogP contribution in [0.3, 0.4) is 0 Å². The zero-order valence-corrected chi connectivity index (χ0v) is 28.9. The second-order valence-electron chi connectivity index (χ2n) is 12.9. The molecule has 0 aliphatic carbocycles. The zero-order chi connectivity index (χ0) is 35.4. The van der Waals surface area contributed by atoms with Crippen molar-refractivity contribution in [2.45, 2.75) is 0 Å². The van der Waals surface area contributed by atoms with Crippen molar-refractivity contribution in [1.29, 1.82) is 0 Å². The largest absolute Gasteiger partial charge is 0.310 e. The summed E-state index contributed by atoms with van der Waals surface area (Å²) in [6.45, 7) is 0. The lowest BCUT2D eigenvalue weighted by atomic mass is 10.00. The first-order valence-electron chi connectivity index (χ1n) is 17.8. The molecule has 8 aromatic carbocycles. The minimum atomic E-state index is 0.620. The van der Waals surface area contributed by atoms with E-state index in [-0.39, 0.29) is 0 Å². The van der Waals surface area contributed by atoms with E-state index in [4.69, 9.17) is 15.0 Å². The molecular formula is C49H34N4. The minimum absolute atomic E-state index is 0.620. The number of rotatable bonds is 8. The Bertz CT molecular complexity index is 2480. The van der Waals surface area contributed by atoms with Crippen LogP contribution in [0.4, 0.5) is 17.1 Å². The molecule has 0 radical (unpaired) electrons. The first-order valence-corrected chi connectivity index (χ1v) is 17.8. The molecule has 4 nitrogen and oxygen atoms in total. The molecule has 0 saturated carbocycles. The van der Waals surface area contributed by atoms with Gasteiger partial charge in [-0.3, -0.25) is 0 Å². The highest BCUT2D eigenvalue weighted by Crippen LogP contribution is 2.41. The van der Waals surface area contributed by atoms with Crippen LogP contribution in [0.5, 0.6) is 0 Å². The van der Waals surface area contributed by atoms with Gasteiger partial charge in [-0.2, -0.15) is 0 Å². The van der Waals surface area contributed by atoms with Crippen LogP contribution in [0.2, 0.25) is 0 Å². The predicted octanol–water partition coefficient (Wildman–Crippen LogP) is 12.8. The average Bonchev–Trinajstić information content (AvgIpc) is 3.25. The molecular weight excluding hydrogens is 645 g/mol. The van der Waals surface area contributed by atoms with Crippen molar-refractivity contribution in [2.24, 2.45) is 0 Å². The Hall–Kier alpha value is -7.17. The third-order valence-corrected chi connectivity index (χ3v) is 9.51. The summed E-state index contributed by atoms with van der Waals surface area (Å²) < 4.78 is 0. The van der Waals surface area contributed by atoms with Crippen LogP contribution in [-0.4, -0.2) is 15.0 Å². The van der Waals surface area contributed by atoms with E-state index in [1.165, 1.54) is 22.3 Å². The van der Waals surface area contributed by atoms with Gasteiger partial charge in [0.1, 0.15) is 0 Å². The third kappa shape index (κ3) is 6.58. The van der Waals surface area contributed by atoms with Gasteiger partial charge in [-0.25, -0.2) is 15.0 Å². The van der Waals surface area contributed by atoms with E-state index in [2.05, 4.69) is 138 Å². The molecule has 0 atom stereocenters. The molecule has 0 bridgehead atoms. The molecule has 0 unspecified atom stereocenters. The number of hydrogen-bond donors (Lipinski definition) is 0. The van der Waals surface area contributed by atoms with Gasteiger partial charge in [-0.05, 0) is 69.4 Å². The summed E-state index contributed by atoms with van der Waals surface area (Å²) in [5.41, 5.74) is 10.6. The number of anilines is 3. The fourth-order valence-corrected chi connectivity index (χ4v) is 6.85. The molecule has 250 valence electrons. The summed E-state index contributed by atoms with van der Waals surface area (Å²) >= 11 is 0. The minimum Gasteiger partial charge on any atom is -0.310 e. The first kappa shape index (κ1) is 31.8. The van der Waals surface area contributed by atoms with Crippen molar-refractivity contribution in [3.05, 3.63) is 206 Å². The standard InChI is InChI=1S/C49H34N4/c1-5-15-35(16-6-1)37-25-29-42(30-26-37)53(43-31-27-38(28-32-43)36-17-7-2-8-18-36)44-33-41-23-13-14-24-45(41)46(34-44)49-51-47(39-19-9-3-10-20-39)50-48(52-49)40-21-11-4-12-22-40/h1-34H. The molecule has 9 aromatic rings. The number of fused-ring (bicyclic) bond motifs is 1. The molecule has 0 amide bonds. The molecule has 0 saturated heterocycles. The quantitative estimate of drug-likeness (QED) is 0.160. The zero-order valence-electron chi connectivity index (χ0n) is 28.9. The van der Waals surface area contributed by atoms with Crippen molar-refractivity contribution in [1.82, 2.24) is 15.0 Å². The summed E-state index contributed by atoms with van der Waals surface area (Å²) in [4.78, 5) is 17.6. The Morgan fingerprint density at radius 1 is 0.283 bits per heavy atom. The van der Waals surface area contributed by atoms with Crippen molar-refractivity contribution in [2.75, 3.05) is 4.90 Å². The fourth-order valence-electron chi connectivity index (χ4n) is 6.85. The van der Waals surface area contributed by atoms with E-state index in [0.29, 0.717) is 17.5 Å². The van der Waals surface area contributed by atoms with Gasteiger partial charge < -0.3 is 4.90 Å². The van der Waals surface area contributed by atoms with Gasteiger partial charge in [0.05, 0.1) is 0 Å². The first-order chi connectivity index (χ1) is 26.3. The topological polar surface area (TPSA) is 41.9 Å². The fraction of sp³-hybridized carbons (Fsp3) is 0. The van der Waals surface area contributed by atoms with E-state index >= 15 is 0 Å². The molecule has 0 aliphatic rings. The normalized spacial score (nSPS) is 11.0. The maximum absolute atomic E-state index is 5.15. The molecule has 0 aliphatic heterocycles. The molecule has 0 spiro atoms. The molecule has 53 heavy (non-hydrogen) atoms. The lowest BCUT2D eigenvalue weighted by Crippen LogP contribution is -2.10. The third-order valence-electron chi connectivity index (χ3n) is 9.51. The van der Waals surface area contributed by atoms with Crippen LogP contribution in [-0.2, 0) is 0 Å². The number of nitrogens with zero attached hydrogens (tertiary/aromatic N) is 4. The van der Waals surface area contributed by atoms with Crippen LogP contribution in [0.15, 0.2) is 206 Å². The van der Waals surface area contributed by atoms with Gasteiger partial charge in [-0.1, -0.05) is 170 Å². The SMILES string of the molecule is c1ccc(-c2ccc(N(c3ccc(-c4ccccc4)cc3)c3cc(-c4nc(-c5ccccc5)nc(-c5ccccc5)n4)c4ccccc4c3)cc2)cc1. The summed E-state index contributed by atoms with van der Waals surface area (Å²) in [5.74, 6) is 1.89. The predicted molar refractivity (Wildman–Crippen MR) is 219 cm³/mol. The summed E-state index contributed by atoms with van der Waals surface area (Å²) in [5, 5.41) is 2.16. The van der Waals surface area contributed by atoms with Crippen LogP contribution in [0, 0.1) is 0 Å². The Kier molecular flexibility index (Phi) is 8.53. The van der Waals surface area contributed by atoms with Crippen LogP contribution in [0.1, 0.15) is 0 Å². The van der Waals surface area contributed by atoms with Crippen LogP contribution >= 0.6 is 0 Å². The monoisotopic (exact) mass is 678 g/mol. The Morgan fingerprint density at radius 3 is 1.13 bits per heavy atom. The molecule has 1 heterocycles. The highest BCUT2D eigenvalue weighted by Gasteiger charge is 2.19. The molecule has 0 N–H and O–H groups in total. The molecule has 4 heteroatoms. The van der Waals surface area contributed by atoms with Gasteiger partial charge in [0, 0.05) is 33.8 Å². The smallest absolute Gasteiger partial charge is 0.164 e. The second-order valence-corrected chi connectivity index (χ2v) is 12.9. The van der Waals surface area contributed by atoms with E-state index in [1.807, 2.05) is 72.8 Å². The Balaban J connectivity index is 1.24. The van der Waals surface area contributed by atoms with E-state index in [9.17, 15) is 0 Å². The number of benzene rings is 8. The lowest BCUT2D eigenvalue weighted by molar-refractivity contribution is 1.08. The molecule has 0 fully saturated rings. The van der Waals surface area contributed by atoms with Gasteiger partial charge in [0.25, 0.3) is 0 Å². The highest BCUT2D eigenvalue weighted by molar-refractivity contribution is 6.00. The van der Waals surface area contributed by atoms with Gasteiger partial charge in [0.2, 0.25) is 0 Å². The molecule has 1 aromatic heterocycles. The summed E-state index contributed by atoms with van der Waals surface area (Å²) in [6, 6.07) is 71.8. The van der Waals surface area contributed by atoms with Crippen molar-refractivity contribution >= 4 is 27.8 Å². The highest BCUT2D eigenvalue weighted by atomic mass is 15.1. The Labute approximate surface area is 309 Å². The maximum atomic E-state index is 5.15. The average molecular weight is 679 g/mol. The maximum Gasteiger partial charge on any atom is 0.164 e. The second kappa shape index (κ2) is 14.2. The molecule has 9 rings (SSSR count). The van der Waals surface area contributed by atoms with Crippen molar-refractivity contribution < 1.29 is 0 Å². The number of hydrogen-bond acceptors (Lipinski definition) is 4. The van der Waals surface area contributed by atoms with E-state index in [1.54, 1.807) is 0 Å². The van der Waals surface area contributed by atoms with Crippen LogP contribution in [0.25, 0.3) is 67.2 Å². The Morgan fingerprint density at radius 2 is 0.660 bits per heavy atom. The number of aromatic nitrogens is 3. The van der Waals surface area contributed by atoms with Crippen LogP contribution < -0.4 is 4.90 Å². The summed E-state index contributed by atoms with van der Waals surface area (Å²) in [6.07, 6.45) is 0. The van der Waals surface area contributed by atoms with Crippen molar-refractivity contribution in [3.63, 3.8) is 0 Å². The van der Waals surface area contributed by atoms with Gasteiger partial charge in [-0.15, -0.1) is 0 Å².